The lowest BCUT2D eigenvalue weighted by atomic mass is 9.96. The maximum absolute atomic E-state index is 11.5. The molecule has 10 aromatic carbocycles. The molecule has 0 atom stereocenters. The summed E-state index contributed by atoms with van der Waals surface area (Å²) in [6.07, 6.45) is 0. The van der Waals surface area contributed by atoms with E-state index in [2.05, 4.69) is 271 Å². The first-order valence-electron chi connectivity index (χ1n) is 27.0. The van der Waals surface area contributed by atoms with E-state index in [1.807, 2.05) is 6.07 Å². The number of aryl methyl sites for hydroxylation is 8. The highest BCUT2D eigenvalue weighted by molar-refractivity contribution is 6.14. The van der Waals surface area contributed by atoms with Crippen molar-refractivity contribution in [2.24, 2.45) is 0 Å². The average molecular weight is 1000 g/mol. The second kappa shape index (κ2) is 18.9. The topological polar surface area (TPSA) is 46.5 Å². The Morgan fingerprint density at radius 3 is 1.00 bits per heavy atom. The Bertz CT molecular complexity index is 4190. The van der Waals surface area contributed by atoms with Crippen molar-refractivity contribution < 1.29 is 0 Å². The molecule has 0 spiro atoms. The summed E-state index contributed by atoms with van der Waals surface area (Å²) in [4.78, 5) is 5.66. The molecule has 0 saturated heterocycles. The number of nitriles is 1. The van der Waals surface area contributed by atoms with Crippen LogP contribution in [-0.4, -0.2) is 14.1 Å². The molecular formula is C74H58N4. The number of pyridine rings is 1. The third-order valence-corrected chi connectivity index (χ3v) is 16.1. The lowest BCUT2D eigenvalue weighted by molar-refractivity contribution is 1.12. The van der Waals surface area contributed by atoms with Crippen LogP contribution in [0.3, 0.4) is 0 Å². The minimum atomic E-state index is 0.542. The molecule has 0 amide bonds. The summed E-state index contributed by atoms with van der Waals surface area (Å²) in [6.45, 7) is 17.4. The molecule has 13 rings (SSSR count). The SMILES string of the molecule is Cc1ccc(-c2ccc3c4ccc(-c5ccc(C)cc5C)cc4n(-c4cc(C#N)cc(-n5c6cc(-c7ccc(C)cc7C)ccc6c6ccc(-c7ccc(C)cc7C)cc65)c4-c4cccc(-c5ccccc5)n4)c3c2)c(C)c1. The minimum absolute atomic E-state index is 0.542. The van der Waals surface area contributed by atoms with Crippen molar-refractivity contribution in [3.8, 4) is 84.5 Å². The number of benzene rings is 10. The third kappa shape index (κ3) is 8.19. The van der Waals surface area contributed by atoms with E-state index in [1.54, 1.807) is 0 Å². The molecule has 78 heavy (non-hydrogen) atoms. The summed E-state index contributed by atoms with van der Waals surface area (Å²) in [5.41, 5.74) is 29.1. The van der Waals surface area contributed by atoms with E-state index in [0.29, 0.717) is 5.56 Å². The molecule has 374 valence electrons. The van der Waals surface area contributed by atoms with Gasteiger partial charge in [-0.1, -0.05) is 180 Å². The molecule has 0 fully saturated rings. The number of hydrogen-bond donors (Lipinski definition) is 0. The molecule has 0 aliphatic rings. The van der Waals surface area contributed by atoms with Crippen LogP contribution < -0.4 is 0 Å². The molecule has 13 aromatic rings. The lowest BCUT2D eigenvalue weighted by Gasteiger charge is -2.21. The fourth-order valence-corrected chi connectivity index (χ4v) is 12.4. The van der Waals surface area contributed by atoms with Gasteiger partial charge in [0, 0.05) is 32.7 Å². The van der Waals surface area contributed by atoms with Gasteiger partial charge in [0.05, 0.1) is 56.5 Å². The molecule has 3 heterocycles. The van der Waals surface area contributed by atoms with E-state index in [0.717, 1.165) is 99.8 Å². The van der Waals surface area contributed by atoms with Crippen molar-refractivity contribution in [2.45, 2.75) is 55.4 Å². The number of nitrogens with zero attached hydrogens (tertiary/aromatic N) is 4. The number of fused-ring (bicyclic) bond motifs is 6. The average Bonchev–Trinajstić information content (AvgIpc) is 3.96. The number of rotatable bonds is 8. The van der Waals surface area contributed by atoms with Gasteiger partial charge in [0.15, 0.2) is 0 Å². The van der Waals surface area contributed by atoms with E-state index in [4.69, 9.17) is 4.98 Å². The first kappa shape index (κ1) is 48.1. The van der Waals surface area contributed by atoms with Crippen LogP contribution in [0.5, 0.6) is 0 Å². The monoisotopic (exact) mass is 1000 g/mol. The largest absolute Gasteiger partial charge is 0.308 e. The molecular weight excluding hydrogens is 945 g/mol. The van der Waals surface area contributed by atoms with Crippen molar-refractivity contribution in [3.63, 3.8) is 0 Å². The molecule has 0 aliphatic carbocycles. The molecule has 0 aliphatic heterocycles. The summed E-state index contributed by atoms with van der Waals surface area (Å²) in [7, 11) is 0. The summed E-state index contributed by atoms with van der Waals surface area (Å²) in [5, 5.41) is 16.0. The molecule has 0 N–H and O–H groups in total. The van der Waals surface area contributed by atoms with Gasteiger partial charge >= 0.3 is 0 Å². The van der Waals surface area contributed by atoms with Crippen molar-refractivity contribution >= 4 is 43.6 Å². The molecule has 4 nitrogen and oxygen atoms in total. The number of aromatic nitrogens is 3. The van der Waals surface area contributed by atoms with Crippen LogP contribution in [0.1, 0.15) is 50.1 Å². The molecule has 3 aromatic heterocycles. The predicted octanol–water partition coefficient (Wildman–Crippen LogP) is 19.6. The Hall–Kier alpha value is -9.56. The van der Waals surface area contributed by atoms with Gasteiger partial charge in [-0.05, 0) is 171 Å². The summed E-state index contributed by atoms with van der Waals surface area (Å²) in [6, 6.07) is 78.2. The first-order valence-corrected chi connectivity index (χ1v) is 27.0. The maximum atomic E-state index is 11.5. The van der Waals surface area contributed by atoms with Crippen LogP contribution in [0.4, 0.5) is 0 Å². The fourth-order valence-electron chi connectivity index (χ4n) is 12.4. The molecule has 4 heteroatoms. The molecule has 0 unspecified atom stereocenters. The van der Waals surface area contributed by atoms with E-state index in [1.165, 1.54) is 66.8 Å². The van der Waals surface area contributed by atoms with E-state index in [-0.39, 0.29) is 0 Å². The van der Waals surface area contributed by atoms with E-state index < -0.39 is 0 Å². The highest BCUT2D eigenvalue weighted by Crippen LogP contribution is 2.46. The fraction of sp³-hybridized carbons (Fsp3) is 0.108. The smallest absolute Gasteiger partial charge is 0.0993 e. The highest BCUT2D eigenvalue weighted by Gasteiger charge is 2.26. The Morgan fingerprint density at radius 1 is 0.321 bits per heavy atom. The summed E-state index contributed by atoms with van der Waals surface area (Å²) in [5.74, 6) is 0. The highest BCUT2D eigenvalue weighted by atomic mass is 15.0. The zero-order valence-electron chi connectivity index (χ0n) is 45.4. The van der Waals surface area contributed by atoms with Gasteiger partial charge in [0.1, 0.15) is 0 Å². The van der Waals surface area contributed by atoms with Crippen LogP contribution >= 0.6 is 0 Å². The van der Waals surface area contributed by atoms with Crippen LogP contribution in [-0.2, 0) is 0 Å². The van der Waals surface area contributed by atoms with Crippen LogP contribution in [0.25, 0.3) is 122 Å². The molecule has 0 bridgehead atoms. The Morgan fingerprint density at radius 2 is 0.667 bits per heavy atom. The maximum Gasteiger partial charge on any atom is 0.0993 e. The van der Waals surface area contributed by atoms with Crippen molar-refractivity contribution in [1.29, 1.82) is 5.26 Å². The van der Waals surface area contributed by atoms with E-state index >= 15 is 0 Å². The lowest BCUT2D eigenvalue weighted by Crippen LogP contribution is -2.06. The van der Waals surface area contributed by atoms with Crippen molar-refractivity contribution in [2.75, 3.05) is 0 Å². The van der Waals surface area contributed by atoms with Gasteiger partial charge in [-0.25, -0.2) is 4.98 Å². The standard InChI is InChI=1S/C74H58N4/c1-44-17-25-58(48(5)33-44)54-21-29-62-63-30-22-55(59-26-18-45(2)34-49(59)6)40-69(63)77(68(62)39-54)72-37-52(43-75)38-73(74(72)67-16-12-15-66(76-67)53-13-10-9-11-14-53)78-70-41-56(60-27-19-46(3)35-50(60)7)23-31-64(70)65-32-24-57(42-71(65)78)61-28-20-47(4)36-51(61)8/h9-42H,1-8H3. The van der Waals surface area contributed by atoms with Gasteiger partial charge < -0.3 is 9.13 Å². The van der Waals surface area contributed by atoms with Gasteiger partial charge in [0.25, 0.3) is 0 Å². The Balaban J connectivity index is 1.21. The van der Waals surface area contributed by atoms with Crippen molar-refractivity contribution in [3.05, 3.63) is 256 Å². The predicted molar refractivity (Wildman–Crippen MR) is 328 cm³/mol. The van der Waals surface area contributed by atoms with Gasteiger partial charge in [0.2, 0.25) is 0 Å². The van der Waals surface area contributed by atoms with Crippen LogP contribution in [0, 0.1) is 66.7 Å². The quantitative estimate of drug-likeness (QED) is 0.152. The van der Waals surface area contributed by atoms with Crippen LogP contribution in [0.15, 0.2) is 206 Å². The van der Waals surface area contributed by atoms with Gasteiger partial charge in [-0.15, -0.1) is 0 Å². The Kier molecular flexibility index (Phi) is 11.7. The van der Waals surface area contributed by atoms with E-state index in [9.17, 15) is 5.26 Å². The third-order valence-electron chi connectivity index (χ3n) is 16.1. The van der Waals surface area contributed by atoms with Crippen LogP contribution in [0.2, 0.25) is 0 Å². The minimum Gasteiger partial charge on any atom is -0.308 e. The second-order valence-electron chi connectivity index (χ2n) is 21.6. The zero-order chi connectivity index (χ0) is 53.5. The summed E-state index contributed by atoms with van der Waals surface area (Å²) < 4.78 is 4.86. The molecule has 0 radical (unpaired) electrons. The van der Waals surface area contributed by atoms with Crippen molar-refractivity contribution in [1.82, 2.24) is 14.1 Å². The number of hydrogen-bond acceptors (Lipinski definition) is 2. The normalized spacial score (nSPS) is 11.6. The Labute approximate surface area is 456 Å². The first-order chi connectivity index (χ1) is 37.9. The van der Waals surface area contributed by atoms with Gasteiger partial charge in [-0.2, -0.15) is 5.26 Å². The zero-order valence-corrected chi connectivity index (χ0v) is 45.4. The molecule has 0 saturated carbocycles. The second-order valence-corrected chi connectivity index (χ2v) is 21.6. The van der Waals surface area contributed by atoms with Gasteiger partial charge in [-0.3, -0.25) is 0 Å². The summed E-state index contributed by atoms with van der Waals surface area (Å²) >= 11 is 0.